The molecule has 0 unspecified atom stereocenters. The third kappa shape index (κ3) is 2.10. The first-order valence-corrected chi connectivity index (χ1v) is 6.36. The number of aromatic amines is 1. The molecule has 1 N–H and O–H groups in total. The molecular formula is C15H15N3O. The van der Waals surface area contributed by atoms with Gasteiger partial charge < -0.3 is 0 Å². The molecule has 2 aromatic rings. The van der Waals surface area contributed by atoms with Gasteiger partial charge in [0.1, 0.15) is 0 Å². The number of nitrogens with zero attached hydrogens (tertiary/aromatic N) is 2. The van der Waals surface area contributed by atoms with Crippen molar-refractivity contribution in [3.05, 3.63) is 35.5 Å². The molecule has 4 nitrogen and oxygen atoms in total. The highest BCUT2D eigenvalue weighted by molar-refractivity contribution is 6.04. The summed E-state index contributed by atoms with van der Waals surface area (Å²) in [6.07, 6.45) is 2.96. The number of allylic oxidation sites excluding steroid dienone is 1. The molecule has 0 aliphatic carbocycles. The lowest BCUT2D eigenvalue weighted by molar-refractivity contribution is 0.101. The van der Waals surface area contributed by atoms with E-state index in [1.807, 2.05) is 25.1 Å². The van der Waals surface area contributed by atoms with E-state index in [1.54, 1.807) is 6.92 Å². The molecule has 0 saturated heterocycles. The number of hydrogen-bond acceptors (Lipinski definition) is 3. The number of carbonyl (C=O) groups is 1. The second-order valence-corrected chi connectivity index (χ2v) is 4.83. The van der Waals surface area contributed by atoms with Gasteiger partial charge in [-0.25, -0.2) is 0 Å². The molecule has 1 aliphatic heterocycles. The van der Waals surface area contributed by atoms with E-state index in [0.717, 1.165) is 40.8 Å². The molecule has 19 heavy (non-hydrogen) atoms. The van der Waals surface area contributed by atoms with Crippen molar-refractivity contribution in [2.45, 2.75) is 20.3 Å². The van der Waals surface area contributed by atoms with Gasteiger partial charge in [0.15, 0.2) is 5.78 Å². The summed E-state index contributed by atoms with van der Waals surface area (Å²) < 4.78 is 0. The van der Waals surface area contributed by atoms with Crippen LogP contribution in [0.25, 0.3) is 16.5 Å². The quantitative estimate of drug-likeness (QED) is 0.836. The number of nitrogens with one attached hydrogen (secondary N) is 1. The number of dihydropyridines is 1. The lowest BCUT2D eigenvalue weighted by atomic mass is 10.00. The Hall–Kier alpha value is -2.23. The molecule has 4 heteroatoms. The normalized spacial score (nSPS) is 15.3. The molecule has 0 bridgehead atoms. The predicted molar refractivity (Wildman–Crippen MR) is 76.7 cm³/mol. The van der Waals surface area contributed by atoms with E-state index < -0.39 is 0 Å². The average Bonchev–Trinajstić information content (AvgIpc) is 2.81. The number of H-pyrrole nitrogens is 1. The van der Waals surface area contributed by atoms with Crippen molar-refractivity contribution >= 4 is 28.0 Å². The van der Waals surface area contributed by atoms with Crippen molar-refractivity contribution in [2.75, 3.05) is 6.54 Å². The smallest absolute Gasteiger partial charge is 0.159 e. The van der Waals surface area contributed by atoms with Gasteiger partial charge in [0.2, 0.25) is 0 Å². The number of aliphatic imine (C=N–C) groups is 1. The molecule has 0 radical (unpaired) electrons. The Morgan fingerprint density at radius 1 is 1.37 bits per heavy atom. The van der Waals surface area contributed by atoms with Gasteiger partial charge in [0, 0.05) is 23.2 Å². The number of ketones is 1. The summed E-state index contributed by atoms with van der Waals surface area (Å²) in [6.45, 7) is 4.38. The van der Waals surface area contributed by atoms with Crippen LogP contribution in [0.1, 0.15) is 36.3 Å². The van der Waals surface area contributed by atoms with E-state index in [9.17, 15) is 4.79 Å². The fourth-order valence-electron chi connectivity index (χ4n) is 2.39. The van der Waals surface area contributed by atoms with Crippen molar-refractivity contribution in [1.82, 2.24) is 10.2 Å². The van der Waals surface area contributed by atoms with Crippen molar-refractivity contribution in [2.24, 2.45) is 4.99 Å². The first-order valence-electron chi connectivity index (χ1n) is 6.36. The largest absolute Gasteiger partial charge is 0.295 e. The second-order valence-electron chi connectivity index (χ2n) is 4.83. The van der Waals surface area contributed by atoms with E-state index in [0.29, 0.717) is 0 Å². The summed E-state index contributed by atoms with van der Waals surface area (Å²) >= 11 is 0. The van der Waals surface area contributed by atoms with Crippen LogP contribution in [0.4, 0.5) is 0 Å². The predicted octanol–water partition coefficient (Wildman–Crippen LogP) is 3.01. The molecule has 1 aromatic carbocycles. The first-order chi connectivity index (χ1) is 9.15. The number of rotatable bonds is 2. The summed E-state index contributed by atoms with van der Waals surface area (Å²) in [5, 5.41) is 8.43. The third-order valence-corrected chi connectivity index (χ3v) is 3.40. The summed E-state index contributed by atoms with van der Waals surface area (Å²) in [5.41, 5.74) is 4.82. The van der Waals surface area contributed by atoms with E-state index in [2.05, 4.69) is 21.3 Å². The monoisotopic (exact) mass is 253 g/mol. The van der Waals surface area contributed by atoms with Crippen LogP contribution in [0.2, 0.25) is 0 Å². The second kappa shape index (κ2) is 4.46. The average molecular weight is 253 g/mol. The molecule has 0 amide bonds. The van der Waals surface area contributed by atoms with Gasteiger partial charge in [-0.2, -0.15) is 5.10 Å². The molecule has 2 heterocycles. The molecule has 0 fully saturated rings. The Morgan fingerprint density at radius 3 is 2.95 bits per heavy atom. The number of Topliss-reactive ketones (excluding diaryl/α,β-unsaturated/α-hetero) is 1. The zero-order valence-electron chi connectivity index (χ0n) is 11.0. The molecule has 1 aromatic heterocycles. The fraction of sp³-hybridized carbons (Fsp3) is 0.267. The van der Waals surface area contributed by atoms with Crippen molar-refractivity contribution in [3.8, 4) is 0 Å². The Labute approximate surface area is 111 Å². The minimum absolute atomic E-state index is 0.0735. The topological polar surface area (TPSA) is 58.1 Å². The zero-order chi connectivity index (χ0) is 13.4. The van der Waals surface area contributed by atoms with Crippen LogP contribution in [0, 0.1) is 0 Å². The van der Waals surface area contributed by atoms with Gasteiger partial charge >= 0.3 is 0 Å². The lowest BCUT2D eigenvalue weighted by Crippen LogP contribution is -2.01. The lowest BCUT2D eigenvalue weighted by Gasteiger charge is -2.09. The van der Waals surface area contributed by atoms with Crippen LogP contribution >= 0.6 is 0 Å². The van der Waals surface area contributed by atoms with Crippen LogP contribution in [-0.4, -0.2) is 28.2 Å². The number of fused-ring (bicyclic) bond motifs is 1. The van der Waals surface area contributed by atoms with E-state index in [-0.39, 0.29) is 5.78 Å². The highest BCUT2D eigenvalue weighted by Crippen LogP contribution is 2.27. The highest BCUT2D eigenvalue weighted by Gasteiger charge is 2.14. The Balaban J connectivity index is 2.16. The number of benzene rings is 1. The van der Waals surface area contributed by atoms with E-state index in [4.69, 9.17) is 0 Å². The molecule has 1 aliphatic rings. The van der Waals surface area contributed by atoms with Crippen LogP contribution in [-0.2, 0) is 0 Å². The summed E-state index contributed by atoms with van der Waals surface area (Å²) in [5.74, 6) is 0.0735. The number of hydrogen-bond donors (Lipinski definition) is 1. The molecule has 0 atom stereocenters. The standard InChI is InChI=1S/C15H15N3O/c1-9-7-12(5-6-16-9)15-13-8-11(10(2)19)3-4-14(13)17-18-15/h3-4,7-8H,5-6H2,1-2H3,(H,17,18). The van der Waals surface area contributed by atoms with Gasteiger partial charge in [-0.15, -0.1) is 0 Å². The van der Waals surface area contributed by atoms with Crippen molar-refractivity contribution < 1.29 is 4.79 Å². The zero-order valence-corrected chi connectivity index (χ0v) is 11.0. The van der Waals surface area contributed by atoms with Crippen LogP contribution in [0.3, 0.4) is 0 Å². The van der Waals surface area contributed by atoms with Crippen LogP contribution < -0.4 is 0 Å². The molecular weight excluding hydrogens is 238 g/mol. The van der Waals surface area contributed by atoms with Gasteiger partial charge in [0.05, 0.1) is 11.2 Å². The Morgan fingerprint density at radius 2 is 2.21 bits per heavy atom. The SMILES string of the molecule is CC(=O)c1ccc2[nH]nc(C3=CC(C)=NCC3)c2c1. The third-order valence-electron chi connectivity index (χ3n) is 3.40. The molecule has 0 saturated carbocycles. The fourth-order valence-corrected chi connectivity index (χ4v) is 2.39. The molecule has 0 spiro atoms. The minimum Gasteiger partial charge on any atom is -0.295 e. The molecule has 3 rings (SSSR count). The van der Waals surface area contributed by atoms with Crippen molar-refractivity contribution in [1.29, 1.82) is 0 Å². The maximum atomic E-state index is 11.5. The maximum Gasteiger partial charge on any atom is 0.159 e. The van der Waals surface area contributed by atoms with E-state index in [1.165, 1.54) is 5.57 Å². The van der Waals surface area contributed by atoms with Crippen molar-refractivity contribution in [3.63, 3.8) is 0 Å². The highest BCUT2D eigenvalue weighted by atomic mass is 16.1. The number of aromatic nitrogens is 2. The minimum atomic E-state index is 0.0735. The first kappa shape index (κ1) is 11.8. The van der Waals surface area contributed by atoms with Gasteiger partial charge in [0.25, 0.3) is 0 Å². The summed E-state index contributed by atoms with van der Waals surface area (Å²) in [7, 11) is 0. The van der Waals surface area contributed by atoms with Crippen LogP contribution in [0.15, 0.2) is 29.3 Å². The maximum absolute atomic E-state index is 11.5. The summed E-state index contributed by atoms with van der Waals surface area (Å²) in [4.78, 5) is 15.9. The molecule has 96 valence electrons. The van der Waals surface area contributed by atoms with Gasteiger partial charge in [-0.3, -0.25) is 14.9 Å². The summed E-state index contributed by atoms with van der Waals surface area (Å²) in [6, 6.07) is 5.65. The van der Waals surface area contributed by atoms with Gasteiger partial charge in [-0.1, -0.05) is 0 Å². The van der Waals surface area contributed by atoms with Crippen LogP contribution in [0.5, 0.6) is 0 Å². The van der Waals surface area contributed by atoms with Gasteiger partial charge in [-0.05, 0) is 50.1 Å². The Bertz CT molecular complexity index is 722. The Kier molecular flexibility index (Phi) is 2.78. The van der Waals surface area contributed by atoms with E-state index >= 15 is 0 Å². The number of carbonyl (C=O) groups excluding carboxylic acids is 1.